The predicted molar refractivity (Wildman–Crippen MR) is 82.5 cm³/mol. The normalized spacial score (nSPS) is 21.9. The second-order valence-electron chi connectivity index (χ2n) is 5.73. The van der Waals surface area contributed by atoms with Gasteiger partial charge >= 0.3 is 0 Å². The summed E-state index contributed by atoms with van der Waals surface area (Å²) in [5, 5.41) is 0. The Bertz CT molecular complexity index is 631. The van der Waals surface area contributed by atoms with Crippen molar-refractivity contribution in [2.45, 2.75) is 32.6 Å². The Morgan fingerprint density at radius 3 is 2.80 bits per heavy atom. The van der Waals surface area contributed by atoms with Crippen LogP contribution in [-0.2, 0) is 0 Å². The largest absolute Gasteiger partial charge is 0.257 e. The molecule has 0 saturated heterocycles. The number of allylic oxidation sites excluding steroid dienone is 2. The summed E-state index contributed by atoms with van der Waals surface area (Å²) in [5.74, 6) is 1.11. The SMILES string of the molecule is Cc1cccc(-c2nccnc2C2CC=CC(C)C2)c1. The van der Waals surface area contributed by atoms with Crippen molar-refractivity contribution in [3.63, 3.8) is 0 Å². The fraction of sp³-hybridized carbons (Fsp3) is 0.333. The van der Waals surface area contributed by atoms with E-state index in [0.29, 0.717) is 11.8 Å². The van der Waals surface area contributed by atoms with Crippen molar-refractivity contribution in [2.75, 3.05) is 0 Å². The van der Waals surface area contributed by atoms with Crippen molar-refractivity contribution >= 4 is 0 Å². The molecule has 102 valence electrons. The molecule has 0 N–H and O–H groups in total. The third-order valence-corrected chi connectivity index (χ3v) is 3.95. The van der Waals surface area contributed by atoms with E-state index in [2.05, 4.69) is 60.2 Å². The highest BCUT2D eigenvalue weighted by molar-refractivity contribution is 5.63. The van der Waals surface area contributed by atoms with Gasteiger partial charge in [0.1, 0.15) is 0 Å². The maximum atomic E-state index is 4.65. The second kappa shape index (κ2) is 5.58. The minimum atomic E-state index is 0.485. The molecule has 0 aliphatic heterocycles. The highest BCUT2D eigenvalue weighted by atomic mass is 14.8. The van der Waals surface area contributed by atoms with Crippen LogP contribution >= 0.6 is 0 Å². The number of nitrogens with zero attached hydrogens (tertiary/aromatic N) is 2. The fourth-order valence-corrected chi connectivity index (χ4v) is 2.98. The number of rotatable bonds is 2. The Kier molecular flexibility index (Phi) is 3.64. The lowest BCUT2D eigenvalue weighted by Gasteiger charge is -2.23. The quantitative estimate of drug-likeness (QED) is 0.745. The Hall–Kier alpha value is -1.96. The van der Waals surface area contributed by atoms with Crippen LogP contribution in [0.4, 0.5) is 0 Å². The number of aryl methyl sites for hydroxylation is 1. The molecule has 1 aromatic carbocycles. The van der Waals surface area contributed by atoms with Gasteiger partial charge in [-0.1, -0.05) is 42.8 Å². The Balaban J connectivity index is 2.02. The summed E-state index contributed by atoms with van der Waals surface area (Å²) in [6, 6.07) is 8.52. The molecule has 0 spiro atoms. The van der Waals surface area contributed by atoms with Gasteiger partial charge < -0.3 is 0 Å². The second-order valence-corrected chi connectivity index (χ2v) is 5.73. The summed E-state index contributed by atoms with van der Waals surface area (Å²) in [5.41, 5.74) is 4.63. The molecule has 0 saturated carbocycles. The van der Waals surface area contributed by atoms with E-state index in [-0.39, 0.29) is 0 Å². The van der Waals surface area contributed by atoms with Crippen molar-refractivity contribution < 1.29 is 0 Å². The highest BCUT2D eigenvalue weighted by Gasteiger charge is 2.21. The average molecular weight is 264 g/mol. The van der Waals surface area contributed by atoms with Gasteiger partial charge in [-0.25, -0.2) is 0 Å². The first-order chi connectivity index (χ1) is 9.74. The molecule has 0 amide bonds. The van der Waals surface area contributed by atoms with Crippen molar-refractivity contribution in [3.05, 3.63) is 60.1 Å². The Morgan fingerprint density at radius 2 is 2.00 bits per heavy atom. The lowest BCUT2D eigenvalue weighted by molar-refractivity contribution is 0.505. The molecule has 2 atom stereocenters. The topological polar surface area (TPSA) is 25.8 Å². The zero-order chi connectivity index (χ0) is 13.9. The molecular weight excluding hydrogens is 244 g/mol. The summed E-state index contributed by atoms with van der Waals surface area (Å²) < 4.78 is 0. The summed E-state index contributed by atoms with van der Waals surface area (Å²) in [6.07, 6.45) is 10.4. The molecule has 1 heterocycles. The average Bonchev–Trinajstić information content (AvgIpc) is 2.47. The molecule has 0 bridgehead atoms. The first-order valence-electron chi connectivity index (χ1n) is 7.28. The standard InChI is InChI=1S/C18H20N2/c1-13-5-3-7-15(11-13)17-18(20-10-9-19-17)16-8-4-6-14(2)12-16/h3-7,9-11,14,16H,8,12H2,1-2H3. The summed E-state index contributed by atoms with van der Waals surface area (Å²) >= 11 is 0. The van der Waals surface area contributed by atoms with E-state index in [0.717, 1.165) is 24.2 Å². The maximum Gasteiger partial charge on any atom is 0.0920 e. The van der Waals surface area contributed by atoms with E-state index in [1.54, 1.807) is 6.20 Å². The van der Waals surface area contributed by atoms with Crippen LogP contribution in [-0.4, -0.2) is 9.97 Å². The van der Waals surface area contributed by atoms with Gasteiger partial charge in [-0.3, -0.25) is 9.97 Å². The first kappa shape index (κ1) is 13.0. The molecule has 2 nitrogen and oxygen atoms in total. The van der Waals surface area contributed by atoms with Gasteiger partial charge in [0.25, 0.3) is 0 Å². The highest BCUT2D eigenvalue weighted by Crippen LogP contribution is 2.35. The van der Waals surface area contributed by atoms with Gasteiger partial charge in [0.05, 0.1) is 11.4 Å². The molecule has 2 aromatic rings. The van der Waals surface area contributed by atoms with Gasteiger partial charge in [0, 0.05) is 23.9 Å². The van der Waals surface area contributed by atoms with Crippen LogP contribution in [0.3, 0.4) is 0 Å². The van der Waals surface area contributed by atoms with Crippen molar-refractivity contribution in [1.29, 1.82) is 0 Å². The van der Waals surface area contributed by atoms with E-state index < -0.39 is 0 Å². The molecule has 2 heteroatoms. The molecule has 3 rings (SSSR count). The van der Waals surface area contributed by atoms with Gasteiger partial charge in [-0.15, -0.1) is 0 Å². The molecule has 0 fully saturated rings. The molecule has 0 radical (unpaired) electrons. The van der Waals surface area contributed by atoms with Crippen LogP contribution < -0.4 is 0 Å². The van der Waals surface area contributed by atoms with Gasteiger partial charge in [-0.05, 0) is 31.7 Å². The predicted octanol–water partition coefficient (Wildman–Crippen LogP) is 4.52. The van der Waals surface area contributed by atoms with Crippen molar-refractivity contribution in [3.8, 4) is 11.3 Å². The maximum absolute atomic E-state index is 4.65. The number of hydrogen-bond acceptors (Lipinski definition) is 2. The van der Waals surface area contributed by atoms with Gasteiger partial charge in [-0.2, -0.15) is 0 Å². The molecule has 1 aliphatic carbocycles. The number of benzene rings is 1. The van der Waals surface area contributed by atoms with Crippen LogP contribution in [0.1, 0.15) is 36.9 Å². The van der Waals surface area contributed by atoms with Crippen LogP contribution in [0.15, 0.2) is 48.8 Å². The monoisotopic (exact) mass is 264 g/mol. The minimum Gasteiger partial charge on any atom is -0.257 e. The lowest BCUT2D eigenvalue weighted by Crippen LogP contribution is -2.11. The zero-order valence-corrected chi connectivity index (χ0v) is 12.1. The van der Waals surface area contributed by atoms with E-state index in [1.165, 1.54) is 11.1 Å². The fourth-order valence-electron chi connectivity index (χ4n) is 2.98. The van der Waals surface area contributed by atoms with Crippen LogP contribution in [0, 0.1) is 12.8 Å². The van der Waals surface area contributed by atoms with Gasteiger partial charge in [0.15, 0.2) is 0 Å². The van der Waals surface area contributed by atoms with Crippen molar-refractivity contribution in [1.82, 2.24) is 9.97 Å². The smallest absolute Gasteiger partial charge is 0.0920 e. The molecule has 1 aromatic heterocycles. The van der Waals surface area contributed by atoms with E-state index in [4.69, 9.17) is 0 Å². The summed E-state index contributed by atoms with van der Waals surface area (Å²) in [6.45, 7) is 4.39. The lowest BCUT2D eigenvalue weighted by atomic mass is 9.84. The molecule has 20 heavy (non-hydrogen) atoms. The third kappa shape index (κ3) is 2.64. The van der Waals surface area contributed by atoms with Crippen LogP contribution in [0.25, 0.3) is 11.3 Å². The van der Waals surface area contributed by atoms with Crippen molar-refractivity contribution in [2.24, 2.45) is 5.92 Å². The zero-order valence-electron chi connectivity index (χ0n) is 12.1. The molecular formula is C18H20N2. The van der Waals surface area contributed by atoms with Crippen LogP contribution in [0.5, 0.6) is 0 Å². The number of aromatic nitrogens is 2. The molecule has 1 aliphatic rings. The molecule has 2 unspecified atom stereocenters. The Morgan fingerprint density at radius 1 is 1.15 bits per heavy atom. The van der Waals surface area contributed by atoms with E-state index in [9.17, 15) is 0 Å². The summed E-state index contributed by atoms with van der Waals surface area (Å²) in [7, 11) is 0. The Labute approximate surface area is 120 Å². The van der Waals surface area contributed by atoms with Crippen LogP contribution in [0.2, 0.25) is 0 Å². The third-order valence-electron chi connectivity index (χ3n) is 3.95. The summed E-state index contributed by atoms with van der Waals surface area (Å²) in [4.78, 5) is 9.25. The minimum absolute atomic E-state index is 0.485. The number of hydrogen-bond donors (Lipinski definition) is 0. The van der Waals surface area contributed by atoms with E-state index >= 15 is 0 Å². The first-order valence-corrected chi connectivity index (χ1v) is 7.28. The van der Waals surface area contributed by atoms with E-state index in [1.807, 2.05) is 6.20 Å². The van der Waals surface area contributed by atoms with Gasteiger partial charge in [0.2, 0.25) is 0 Å².